The number of aromatic nitrogens is 2. The second kappa shape index (κ2) is 4.98. The highest BCUT2D eigenvalue weighted by molar-refractivity contribution is 6.30. The Bertz CT molecular complexity index is 590. The van der Waals surface area contributed by atoms with Gasteiger partial charge in [-0.2, -0.15) is 0 Å². The topological polar surface area (TPSA) is 44.1 Å². The monoisotopic (exact) mass is 266 g/mol. The molecule has 5 heteroatoms. The van der Waals surface area contributed by atoms with Crippen LogP contribution in [0.25, 0.3) is 11.0 Å². The number of hydrogen-bond acceptors (Lipinski definition) is 3. The molecule has 18 heavy (non-hydrogen) atoms. The highest BCUT2D eigenvalue weighted by atomic mass is 35.5. The van der Waals surface area contributed by atoms with Crippen LogP contribution in [0.1, 0.15) is 24.2 Å². The van der Waals surface area contributed by atoms with Gasteiger partial charge < -0.3 is 9.30 Å². The second-order valence-corrected chi connectivity index (χ2v) is 4.97. The smallest absolute Gasteiger partial charge is 0.338 e. The average Bonchev–Trinajstić information content (AvgIpc) is 2.69. The Morgan fingerprint density at radius 1 is 1.56 bits per heavy atom. The van der Waals surface area contributed by atoms with Gasteiger partial charge in [0.1, 0.15) is 10.8 Å². The Hall–Kier alpha value is -1.55. The molecule has 0 unspecified atom stereocenters. The zero-order valence-corrected chi connectivity index (χ0v) is 11.4. The summed E-state index contributed by atoms with van der Waals surface area (Å²) in [6.07, 6.45) is 1.92. The first-order valence-corrected chi connectivity index (χ1v) is 6.14. The highest BCUT2D eigenvalue weighted by Gasteiger charge is 2.15. The summed E-state index contributed by atoms with van der Waals surface area (Å²) in [4.78, 5) is 16.0. The van der Waals surface area contributed by atoms with E-state index < -0.39 is 5.97 Å². The lowest BCUT2D eigenvalue weighted by Gasteiger charge is -2.08. The van der Waals surface area contributed by atoms with Crippen molar-refractivity contribution in [3.8, 4) is 0 Å². The maximum absolute atomic E-state index is 11.7. The number of hydrogen-bond donors (Lipinski definition) is 0. The zero-order valence-electron chi connectivity index (χ0n) is 10.6. The van der Waals surface area contributed by atoms with Crippen molar-refractivity contribution in [3.63, 3.8) is 0 Å². The summed E-state index contributed by atoms with van der Waals surface area (Å²) in [5.41, 5.74) is 1.17. The molecule has 0 N–H and O–H groups in total. The third kappa shape index (κ3) is 2.34. The van der Waals surface area contributed by atoms with Gasteiger partial charge in [-0.15, -0.1) is 0 Å². The Morgan fingerprint density at radius 3 is 2.89 bits per heavy atom. The normalized spacial score (nSPS) is 11.2. The van der Waals surface area contributed by atoms with Crippen molar-refractivity contribution in [2.75, 3.05) is 7.11 Å². The molecular weight excluding hydrogens is 252 g/mol. The SMILES string of the molecule is COC(=O)c1cc(Cl)nc2c1ccn2CC(C)C. The Labute approximate surface area is 111 Å². The van der Waals surface area contributed by atoms with Crippen LogP contribution >= 0.6 is 11.6 Å². The lowest BCUT2D eigenvalue weighted by Crippen LogP contribution is -2.06. The van der Waals surface area contributed by atoms with Crippen molar-refractivity contribution in [1.29, 1.82) is 0 Å². The molecule has 0 fully saturated rings. The van der Waals surface area contributed by atoms with Crippen molar-refractivity contribution >= 4 is 28.6 Å². The Balaban J connectivity index is 2.61. The van der Waals surface area contributed by atoms with Gasteiger partial charge >= 0.3 is 5.97 Å². The minimum absolute atomic E-state index is 0.298. The Morgan fingerprint density at radius 2 is 2.28 bits per heavy atom. The third-order valence-corrected chi connectivity index (χ3v) is 2.86. The van der Waals surface area contributed by atoms with Gasteiger partial charge in [0.15, 0.2) is 0 Å². The van der Waals surface area contributed by atoms with Gasteiger partial charge in [-0.1, -0.05) is 25.4 Å². The standard InChI is InChI=1S/C13H15ClN2O2/c1-8(2)7-16-5-4-9-10(13(17)18-3)6-11(14)15-12(9)16/h4-6,8H,7H2,1-3H3. The van der Waals surface area contributed by atoms with E-state index in [0.29, 0.717) is 16.6 Å². The molecule has 0 aliphatic rings. The predicted octanol–water partition coefficient (Wildman–Crippen LogP) is 3.13. The van der Waals surface area contributed by atoms with Gasteiger partial charge in [0.2, 0.25) is 0 Å². The quantitative estimate of drug-likeness (QED) is 0.633. The van der Waals surface area contributed by atoms with Gasteiger partial charge in [0.25, 0.3) is 0 Å². The van der Waals surface area contributed by atoms with Crippen LogP contribution in [0.15, 0.2) is 18.3 Å². The molecule has 0 aromatic carbocycles. The molecule has 0 amide bonds. The average molecular weight is 267 g/mol. The van der Waals surface area contributed by atoms with Crippen LogP contribution in [0.2, 0.25) is 5.15 Å². The highest BCUT2D eigenvalue weighted by Crippen LogP contribution is 2.23. The summed E-state index contributed by atoms with van der Waals surface area (Å²) in [6, 6.07) is 3.41. The molecule has 96 valence electrons. The minimum Gasteiger partial charge on any atom is -0.465 e. The number of rotatable bonds is 3. The van der Waals surface area contributed by atoms with Crippen LogP contribution < -0.4 is 0 Å². The van der Waals surface area contributed by atoms with Crippen LogP contribution in [0.3, 0.4) is 0 Å². The van der Waals surface area contributed by atoms with Crippen molar-refractivity contribution in [2.24, 2.45) is 5.92 Å². The van der Waals surface area contributed by atoms with Crippen molar-refractivity contribution < 1.29 is 9.53 Å². The van der Waals surface area contributed by atoms with Crippen LogP contribution in [0.4, 0.5) is 0 Å². The molecule has 0 aliphatic carbocycles. The van der Waals surface area contributed by atoms with Crippen molar-refractivity contribution in [1.82, 2.24) is 9.55 Å². The number of pyridine rings is 1. The van der Waals surface area contributed by atoms with Gasteiger partial charge in [-0.25, -0.2) is 9.78 Å². The van der Waals surface area contributed by atoms with E-state index in [0.717, 1.165) is 17.6 Å². The van der Waals surface area contributed by atoms with Gasteiger partial charge in [0, 0.05) is 18.1 Å². The van der Waals surface area contributed by atoms with Crippen LogP contribution in [0.5, 0.6) is 0 Å². The maximum Gasteiger partial charge on any atom is 0.338 e. The molecule has 0 saturated carbocycles. The van der Waals surface area contributed by atoms with E-state index in [1.54, 1.807) is 0 Å². The molecule has 2 aromatic heterocycles. The number of esters is 1. The van der Waals surface area contributed by atoms with E-state index in [2.05, 4.69) is 18.8 Å². The number of carbonyl (C=O) groups is 1. The second-order valence-electron chi connectivity index (χ2n) is 4.58. The first-order chi connectivity index (χ1) is 8.52. The zero-order chi connectivity index (χ0) is 13.3. The lowest BCUT2D eigenvalue weighted by atomic mass is 10.2. The molecule has 0 bridgehead atoms. The van der Waals surface area contributed by atoms with Crippen LogP contribution in [0, 0.1) is 5.92 Å². The summed E-state index contributed by atoms with van der Waals surface area (Å²) < 4.78 is 6.75. The molecule has 0 atom stereocenters. The number of nitrogens with zero attached hydrogens (tertiary/aromatic N) is 2. The summed E-state index contributed by atoms with van der Waals surface area (Å²) >= 11 is 5.96. The molecule has 0 aliphatic heterocycles. The number of carbonyl (C=O) groups excluding carboxylic acids is 1. The van der Waals surface area contributed by atoms with Gasteiger partial charge in [-0.05, 0) is 18.1 Å². The Kier molecular flexibility index (Phi) is 3.57. The third-order valence-electron chi connectivity index (χ3n) is 2.67. The molecule has 2 heterocycles. The molecule has 0 radical (unpaired) electrons. The first-order valence-electron chi connectivity index (χ1n) is 5.76. The van der Waals surface area contributed by atoms with Gasteiger partial charge in [-0.3, -0.25) is 0 Å². The van der Waals surface area contributed by atoms with E-state index >= 15 is 0 Å². The number of ether oxygens (including phenoxy) is 1. The van der Waals surface area contributed by atoms with Crippen molar-refractivity contribution in [2.45, 2.75) is 20.4 Å². The van der Waals surface area contributed by atoms with Crippen LogP contribution in [-0.2, 0) is 11.3 Å². The molecule has 4 nitrogen and oxygen atoms in total. The fourth-order valence-corrected chi connectivity index (χ4v) is 2.14. The van der Waals surface area contributed by atoms with E-state index in [-0.39, 0.29) is 0 Å². The first kappa shape index (κ1) is 12.9. The summed E-state index contributed by atoms with van der Waals surface area (Å²) in [7, 11) is 1.35. The lowest BCUT2D eigenvalue weighted by molar-refractivity contribution is 0.0603. The van der Waals surface area contributed by atoms with E-state index in [4.69, 9.17) is 16.3 Å². The molecule has 0 spiro atoms. The van der Waals surface area contributed by atoms with Crippen molar-refractivity contribution in [3.05, 3.63) is 29.0 Å². The van der Waals surface area contributed by atoms with E-state index in [9.17, 15) is 4.79 Å². The fourth-order valence-electron chi connectivity index (χ4n) is 1.95. The van der Waals surface area contributed by atoms with Crippen LogP contribution in [-0.4, -0.2) is 22.6 Å². The molecule has 2 aromatic rings. The van der Waals surface area contributed by atoms with E-state index in [1.807, 2.05) is 16.8 Å². The number of halogens is 1. The summed E-state index contributed by atoms with van der Waals surface area (Å²) in [6.45, 7) is 5.08. The van der Waals surface area contributed by atoms with E-state index in [1.165, 1.54) is 13.2 Å². The summed E-state index contributed by atoms with van der Waals surface area (Å²) in [5, 5.41) is 1.07. The largest absolute Gasteiger partial charge is 0.465 e. The number of fused-ring (bicyclic) bond motifs is 1. The molecule has 0 saturated heterocycles. The molecule has 2 rings (SSSR count). The number of methoxy groups -OCH3 is 1. The predicted molar refractivity (Wildman–Crippen MR) is 70.9 cm³/mol. The van der Waals surface area contributed by atoms with Gasteiger partial charge in [0.05, 0.1) is 12.7 Å². The maximum atomic E-state index is 11.7. The summed E-state index contributed by atoms with van der Waals surface area (Å²) in [5.74, 6) is 0.0922. The minimum atomic E-state index is -0.397. The fraction of sp³-hybridized carbons (Fsp3) is 0.385. The molecular formula is C13H15ClN2O2.